The Morgan fingerprint density at radius 1 is 0.533 bits per heavy atom. The van der Waals surface area contributed by atoms with Gasteiger partial charge < -0.3 is 0 Å². The van der Waals surface area contributed by atoms with Crippen LogP contribution in [0.25, 0.3) is 0 Å². The molecule has 0 aromatic heterocycles. The second kappa shape index (κ2) is 6.32. The van der Waals surface area contributed by atoms with Gasteiger partial charge in [0.25, 0.3) is 0 Å². The fraction of sp³-hybridized carbons (Fsp3) is 1.00. The van der Waals surface area contributed by atoms with Crippen LogP contribution in [0.4, 0.5) is 0 Å². The molecule has 5 aliphatic rings. The monoisotopic (exact) mass is 412 g/mol. The van der Waals surface area contributed by atoms with Crippen molar-refractivity contribution in [3.63, 3.8) is 0 Å². The van der Waals surface area contributed by atoms with Crippen LogP contribution < -0.4 is 0 Å². The lowest BCUT2D eigenvalue weighted by atomic mass is 9.31. The third-order valence-corrected chi connectivity index (χ3v) is 13.4. The highest BCUT2D eigenvalue weighted by Crippen LogP contribution is 2.76. The summed E-state index contributed by atoms with van der Waals surface area (Å²) < 4.78 is 0. The van der Waals surface area contributed by atoms with E-state index in [4.69, 9.17) is 0 Å². The van der Waals surface area contributed by atoms with Gasteiger partial charge in [-0.1, -0.05) is 61.8 Å². The van der Waals surface area contributed by atoms with Gasteiger partial charge in [0.1, 0.15) is 0 Å². The zero-order chi connectivity index (χ0) is 21.8. The molecule has 5 saturated carbocycles. The van der Waals surface area contributed by atoms with Crippen molar-refractivity contribution in [2.45, 2.75) is 132 Å². The SMILES string of the molecule is CC1(C)CC[C@]2(C)CC[C@]3(C)[C@H](CC[C@@H]4[C@@]5(C)CCCC(C)(C)[C@@H]5CC[C@]43C)C2C1. The van der Waals surface area contributed by atoms with Gasteiger partial charge in [-0.25, -0.2) is 0 Å². The number of hydrogen-bond acceptors (Lipinski definition) is 0. The molecule has 0 radical (unpaired) electrons. The molecule has 5 aliphatic carbocycles. The van der Waals surface area contributed by atoms with Gasteiger partial charge in [-0.3, -0.25) is 0 Å². The molecule has 30 heavy (non-hydrogen) atoms. The average Bonchev–Trinajstić information content (AvgIpc) is 2.63. The summed E-state index contributed by atoms with van der Waals surface area (Å²) in [4.78, 5) is 0. The fourth-order valence-electron chi connectivity index (χ4n) is 11.4. The minimum absolute atomic E-state index is 0.560. The van der Waals surface area contributed by atoms with Crippen LogP contribution >= 0.6 is 0 Å². The Bertz CT molecular complexity index is 701. The molecule has 0 spiro atoms. The molecule has 8 atom stereocenters. The highest BCUT2D eigenvalue weighted by Gasteiger charge is 2.68. The summed E-state index contributed by atoms with van der Waals surface area (Å²) in [6.07, 6.45) is 18.0. The molecule has 5 fully saturated rings. The van der Waals surface area contributed by atoms with Gasteiger partial charge in [0, 0.05) is 0 Å². The van der Waals surface area contributed by atoms with Crippen molar-refractivity contribution in [2.24, 2.45) is 56.2 Å². The summed E-state index contributed by atoms with van der Waals surface area (Å²) in [6.45, 7) is 21.4. The van der Waals surface area contributed by atoms with Gasteiger partial charge >= 0.3 is 0 Å². The van der Waals surface area contributed by atoms with Gasteiger partial charge in [0.2, 0.25) is 0 Å². The van der Waals surface area contributed by atoms with E-state index in [1.165, 1.54) is 77.0 Å². The second-order valence-corrected chi connectivity index (χ2v) is 15.6. The van der Waals surface area contributed by atoms with Crippen LogP contribution in [-0.4, -0.2) is 0 Å². The lowest BCUT2D eigenvalue weighted by molar-refractivity contribution is -0.243. The predicted octanol–water partition coefficient (Wildman–Crippen LogP) is 9.28. The Kier molecular flexibility index (Phi) is 4.59. The van der Waals surface area contributed by atoms with Crippen molar-refractivity contribution in [3.8, 4) is 0 Å². The van der Waals surface area contributed by atoms with E-state index >= 15 is 0 Å². The van der Waals surface area contributed by atoms with Crippen molar-refractivity contribution in [1.82, 2.24) is 0 Å². The third kappa shape index (κ3) is 2.70. The maximum atomic E-state index is 2.81. The Morgan fingerprint density at radius 2 is 1.23 bits per heavy atom. The smallest absolute Gasteiger partial charge is 0.0235 e. The number of hydrogen-bond donors (Lipinski definition) is 0. The van der Waals surface area contributed by atoms with Crippen LogP contribution in [0.3, 0.4) is 0 Å². The van der Waals surface area contributed by atoms with Crippen LogP contribution in [0, 0.1) is 56.2 Å². The standard InChI is InChI=1S/C30H52/c1-25(2)16-17-27(5)18-19-29(7)21(22(27)20-25)10-11-24-28(6)14-9-13-26(3,4)23(28)12-15-30(24,29)8/h21-24H,9-20H2,1-8H3/t21-,22?,23+,24-,27-,28+,29-,30-/m1/s1. The molecule has 0 heteroatoms. The van der Waals surface area contributed by atoms with Crippen molar-refractivity contribution < 1.29 is 0 Å². The summed E-state index contributed by atoms with van der Waals surface area (Å²) in [7, 11) is 0. The molecule has 172 valence electrons. The minimum atomic E-state index is 0.560. The van der Waals surface area contributed by atoms with Gasteiger partial charge in [-0.2, -0.15) is 0 Å². The lowest BCUT2D eigenvalue weighted by Crippen LogP contribution is -2.65. The van der Waals surface area contributed by atoms with Crippen LogP contribution in [0.1, 0.15) is 132 Å². The Labute approximate surface area is 188 Å². The normalized spacial score (nSPS) is 56.8. The maximum absolute atomic E-state index is 2.81. The van der Waals surface area contributed by atoms with Crippen molar-refractivity contribution in [1.29, 1.82) is 0 Å². The first-order valence-corrected chi connectivity index (χ1v) is 13.8. The fourth-order valence-corrected chi connectivity index (χ4v) is 11.4. The molecular weight excluding hydrogens is 360 g/mol. The molecular formula is C30H52. The van der Waals surface area contributed by atoms with E-state index in [2.05, 4.69) is 55.4 Å². The zero-order valence-electron chi connectivity index (χ0n) is 21.8. The molecule has 0 aromatic carbocycles. The molecule has 0 saturated heterocycles. The van der Waals surface area contributed by atoms with E-state index in [1.807, 2.05) is 0 Å². The van der Waals surface area contributed by atoms with E-state index in [0.29, 0.717) is 32.5 Å². The van der Waals surface area contributed by atoms with E-state index in [9.17, 15) is 0 Å². The highest BCUT2D eigenvalue weighted by molar-refractivity contribution is 5.17. The third-order valence-electron chi connectivity index (χ3n) is 13.4. The maximum Gasteiger partial charge on any atom is -0.0235 e. The topological polar surface area (TPSA) is 0 Å². The molecule has 0 nitrogen and oxygen atoms in total. The van der Waals surface area contributed by atoms with Gasteiger partial charge in [-0.15, -0.1) is 0 Å². The van der Waals surface area contributed by atoms with E-state index in [-0.39, 0.29) is 0 Å². The van der Waals surface area contributed by atoms with Crippen molar-refractivity contribution >= 4 is 0 Å². The van der Waals surface area contributed by atoms with E-state index in [1.54, 1.807) is 0 Å². The van der Waals surface area contributed by atoms with Gasteiger partial charge in [0.05, 0.1) is 0 Å². The van der Waals surface area contributed by atoms with Gasteiger partial charge in [-0.05, 0) is 127 Å². The first-order valence-electron chi connectivity index (χ1n) is 13.8. The van der Waals surface area contributed by atoms with E-state index < -0.39 is 0 Å². The molecule has 0 amide bonds. The summed E-state index contributed by atoms with van der Waals surface area (Å²) in [5.74, 6) is 3.88. The Hall–Kier alpha value is 0. The van der Waals surface area contributed by atoms with Crippen LogP contribution in [0.5, 0.6) is 0 Å². The molecule has 0 heterocycles. The quantitative estimate of drug-likeness (QED) is 0.372. The summed E-state index contributed by atoms with van der Waals surface area (Å²) in [6, 6.07) is 0. The number of rotatable bonds is 0. The molecule has 1 unspecified atom stereocenters. The Balaban J connectivity index is 1.53. The Morgan fingerprint density at radius 3 is 1.97 bits per heavy atom. The van der Waals surface area contributed by atoms with Crippen LogP contribution in [-0.2, 0) is 0 Å². The first-order chi connectivity index (χ1) is 13.8. The summed E-state index contributed by atoms with van der Waals surface area (Å²) in [5.41, 5.74) is 3.49. The molecule has 0 bridgehead atoms. The van der Waals surface area contributed by atoms with Gasteiger partial charge in [0.15, 0.2) is 0 Å². The second-order valence-electron chi connectivity index (χ2n) is 15.6. The zero-order valence-corrected chi connectivity index (χ0v) is 21.8. The summed E-state index contributed by atoms with van der Waals surface area (Å²) >= 11 is 0. The molecule has 0 aromatic rings. The first kappa shape index (κ1) is 21.8. The largest absolute Gasteiger partial charge is 0.0599 e. The average molecular weight is 413 g/mol. The lowest BCUT2D eigenvalue weighted by Gasteiger charge is -2.73. The van der Waals surface area contributed by atoms with Crippen LogP contribution in [0.15, 0.2) is 0 Å². The van der Waals surface area contributed by atoms with E-state index in [0.717, 1.165) is 23.7 Å². The summed E-state index contributed by atoms with van der Waals surface area (Å²) in [5, 5.41) is 0. The minimum Gasteiger partial charge on any atom is -0.0599 e. The molecule has 0 N–H and O–H groups in total. The highest BCUT2D eigenvalue weighted by atomic mass is 14.7. The van der Waals surface area contributed by atoms with Crippen LogP contribution in [0.2, 0.25) is 0 Å². The molecule has 5 rings (SSSR count). The van der Waals surface area contributed by atoms with Crippen molar-refractivity contribution in [3.05, 3.63) is 0 Å². The molecule has 0 aliphatic heterocycles. The van der Waals surface area contributed by atoms with Crippen molar-refractivity contribution in [2.75, 3.05) is 0 Å². The number of fused-ring (bicyclic) bond motifs is 7. The predicted molar refractivity (Wildman–Crippen MR) is 129 cm³/mol.